The van der Waals surface area contributed by atoms with Gasteiger partial charge in [0, 0.05) is 18.6 Å². The van der Waals surface area contributed by atoms with Crippen molar-refractivity contribution in [1.29, 1.82) is 0 Å². The van der Waals surface area contributed by atoms with Crippen LogP contribution in [-0.4, -0.2) is 24.0 Å². The molecule has 1 aromatic rings. The summed E-state index contributed by atoms with van der Waals surface area (Å²) in [5.41, 5.74) is 8.75. The fourth-order valence-corrected chi connectivity index (χ4v) is 2.60. The molecule has 2 N–H and O–H groups in total. The number of rotatable bonds is 8. The van der Waals surface area contributed by atoms with Gasteiger partial charge < -0.3 is 5.73 Å². The van der Waals surface area contributed by atoms with Crippen LogP contribution >= 0.6 is 0 Å². The van der Waals surface area contributed by atoms with Gasteiger partial charge in [-0.05, 0) is 38.8 Å². The van der Waals surface area contributed by atoms with Crippen molar-refractivity contribution in [2.45, 2.75) is 59.0 Å². The zero-order valence-electron chi connectivity index (χ0n) is 13.0. The highest BCUT2D eigenvalue weighted by molar-refractivity contribution is 5.25. The Hall–Kier alpha value is -0.860. The number of hydrogen-bond acceptors (Lipinski definition) is 2. The molecule has 1 rings (SSSR count). The lowest BCUT2D eigenvalue weighted by molar-refractivity contribution is 0.141. The molecular weight excluding hydrogens is 232 g/mol. The second-order valence-electron chi connectivity index (χ2n) is 5.51. The van der Waals surface area contributed by atoms with Gasteiger partial charge in [0.2, 0.25) is 0 Å². The largest absolute Gasteiger partial charge is 0.329 e. The Balaban J connectivity index is 2.94. The third kappa shape index (κ3) is 4.63. The Kier molecular flexibility index (Phi) is 7.11. The van der Waals surface area contributed by atoms with Crippen molar-refractivity contribution in [1.82, 2.24) is 4.90 Å². The number of nitrogens with zero attached hydrogens (tertiary/aromatic N) is 1. The van der Waals surface area contributed by atoms with Crippen molar-refractivity contribution >= 4 is 0 Å². The highest BCUT2D eigenvalue weighted by Gasteiger charge is 2.22. The van der Waals surface area contributed by atoms with Crippen LogP contribution < -0.4 is 5.73 Å². The van der Waals surface area contributed by atoms with Crippen molar-refractivity contribution in [3.63, 3.8) is 0 Å². The second kappa shape index (κ2) is 8.34. The van der Waals surface area contributed by atoms with Crippen LogP contribution in [0.1, 0.15) is 57.2 Å². The Morgan fingerprint density at radius 1 is 1.26 bits per heavy atom. The Labute approximate surface area is 119 Å². The van der Waals surface area contributed by atoms with Crippen LogP contribution in [0.25, 0.3) is 0 Å². The van der Waals surface area contributed by atoms with Crippen LogP contribution in [0.4, 0.5) is 0 Å². The summed E-state index contributed by atoms with van der Waals surface area (Å²) in [6.07, 6.45) is 3.65. The third-order valence-corrected chi connectivity index (χ3v) is 3.98. The van der Waals surface area contributed by atoms with Crippen LogP contribution in [0.5, 0.6) is 0 Å². The molecule has 0 bridgehead atoms. The monoisotopic (exact) mass is 262 g/mol. The number of hydrogen-bond donors (Lipinski definition) is 1. The molecule has 0 fully saturated rings. The molecule has 0 saturated heterocycles. The summed E-state index contributed by atoms with van der Waals surface area (Å²) in [6, 6.07) is 9.71. The lowest BCUT2D eigenvalue weighted by Crippen LogP contribution is -2.40. The maximum absolute atomic E-state index is 6.08. The van der Waals surface area contributed by atoms with Crippen LogP contribution in [0, 0.1) is 6.92 Å². The van der Waals surface area contributed by atoms with E-state index < -0.39 is 0 Å². The van der Waals surface area contributed by atoms with E-state index in [0.29, 0.717) is 18.6 Å². The van der Waals surface area contributed by atoms with Crippen LogP contribution in [0.2, 0.25) is 0 Å². The molecule has 2 atom stereocenters. The molecule has 0 aliphatic carbocycles. The van der Waals surface area contributed by atoms with Crippen LogP contribution in [0.15, 0.2) is 24.3 Å². The van der Waals surface area contributed by atoms with Gasteiger partial charge in [0.15, 0.2) is 0 Å². The Morgan fingerprint density at radius 3 is 2.53 bits per heavy atom. The molecule has 0 heterocycles. The van der Waals surface area contributed by atoms with Crippen molar-refractivity contribution in [3.8, 4) is 0 Å². The minimum atomic E-state index is 0.349. The first-order chi connectivity index (χ1) is 9.13. The standard InChI is InChI=1S/C17H30N2/c1-5-7-11-19(15(4)6-2)17(13-18)16-10-8-9-14(3)12-16/h8-10,12,15,17H,5-7,11,13,18H2,1-4H3. The van der Waals surface area contributed by atoms with E-state index in [4.69, 9.17) is 5.73 Å². The molecule has 0 radical (unpaired) electrons. The van der Waals surface area contributed by atoms with Gasteiger partial charge in [0.25, 0.3) is 0 Å². The molecule has 1 aromatic carbocycles. The topological polar surface area (TPSA) is 29.3 Å². The molecule has 0 aliphatic rings. The van der Waals surface area contributed by atoms with Gasteiger partial charge in [-0.1, -0.05) is 50.1 Å². The highest BCUT2D eigenvalue weighted by Crippen LogP contribution is 2.24. The molecule has 2 heteroatoms. The minimum absolute atomic E-state index is 0.349. The summed E-state index contributed by atoms with van der Waals surface area (Å²) in [5, 5.41) is 0. The maximum atomic E-state index is 6.08. The zero-order chi connectivity index (χ0) is 14.3. The van der Waals surface area contributed by atoms with Crippen molar-refractivity contribution in [3.05, 3.63) is 35.4 Å². The fraction of sp³-hybridized carbons (Fsp3) is 0.647. The van der Waals surface area contributed by atoms with E-state index in [0.717, 1.165) is 6.54 Å². The molecule has 0 aromatic heterocycles. The first-order valence-corrected chi connectivity index (χ1v) is 7.66. The van der Waals surface area contributed by atoms with E-state index in [9.17, 15) is 0 Å². The van der Waals surface area contributed by atoms with Gasteiger partial charge in [-0.2, -0.15) is 0 Å². The predicted molar refractivity (Wildman–Crippen MR) is 84.3 cm³/mol. The average molecular weight is 262 g/mol. The van der Waals surface area contributed by atoms with E-state index >= 15 is 0 Å². The summed E-state index contributed by atoms with van der Waals surface area (Å²) in [5.74, 6) is 0. The smallest absolute Gasteiger partial charge is 0.0473 e. The molecule has 19 heavy (non-hydrogen) atoms. The summed E-state index contributed by atoms with van der Waals surface area (Å²) in [6.45, 7) is 10.8. The predicted octanol–water partition coefficient (Wildman–Crippen LogP) is 3.90. The van der Waals surface area contributed by atoms with Crippen LogP contribution in [0.3, 0.4) is 0 Å². The maximum Gasteiger partial charge on any atom is 0.0473 e. The van der Waals surface area contributed by atoms with E-state index in [1.807, 2.05) is 0 Å². The van der Waals surface area contributed by atoms with Gasteiger partial charge >= 0.3 is 0 Å². The molecule has 0 saturated carbocycles. The molecule has 2 nitrogen and oxygen atoms in total. The normalized spacial score (nSPS) is 14.6. The molecule has 0 amide bonds. The average Bonchev–Trinajstić information content (AvgIpc) is 2.42. The lowest BCUT2D eigenvalue weighted by Gasteiger charge is -2.36. The van der Waals surface area contributed by atoms with E-state index in [1.54, 1.807) is 0 Å². The summed E-state index contributed by atoms with van der Waals surface area (Å²) in [4.78, 5) is 2.58. The first kappa shape index (κ1) is 16.2. The minimum Gasteiger partial charge on any atom is -0.329 e. The highest BCUT2D eigenvalue weighted by atomic mass is 15.2. The number of aryl methyl sites for hydroxylation is 1. The first-order valence-electron chi connectivity index (χ1n) is 7.66. The van der Waals surface area contributed by atoms with Gasteiger partial charge in [0.05, 0.1) is 0 Å². The molecular formula is C17H30N2. The third-order valence-electron chi connectivity index (χ3n) is 3.98. The fourth-order valence-electron chi connectivity index (χ4n) is 2.60. The lowest BCUT2D eigenvalue weighted by atomic mass is 10.0. The number of unbranched alkanes of at least 4 members (excludes halogenated alkanes) is 1. The molecule has 2 unspecified atom stereocenters. The second-order valence-corrected chi connectivity index (χ2v) is 5.51. The SMILES string of the molecule is CCCCN(C(C)CC)C(CN)c1cccc(C)c1. The number of nitrogens with two attached hydrogens (primary N) is 1. The molecule has 0 aliphatic heterocycles. The van der Waals surface area contributed by atoms with Crippen molar-refractivity contribution < 1.29 is 0 Å². The Bertz CT molecular complexity index is 362. The van der Waals surface area contributed by atoms with Gasteiger partial charge in [-0.15, -0.1) is 0 Å². The van der Waals surface area contributed by atoms with Gasteiger partial charge in [-0.3, -0.25) is 4.90 Å². The van der Waals surface area contributed by atoms with E-state index in [-0.39, 0.29) is 0 Å². The zero-order valence-corrected chi connectivity index (χ0v) is 13.0. The van der Waals surface area contributed by atoms with Crippen LogP contribution in [-0.2, 0) is 0 Å². The van der Waals surface area contributed by atoms with Gasteiger partial charge in [-0.25, -0.2) is 0 Å². The Morgan fingerprint density at radius 2 is 2.00 bits per heavy atom. The quantitative estimate of drug-likeness (QED) is 0.770. The molecule has 0 spiro atoms. The van der Waals surface area contributed by atoms with Crippen molar-refractivity contribution in [2.24, 2.45) is 5.73 Å². The van der Waals surface area contributed by atoms with E-state index in [1.165, 1.54) is 30.4 Å². The van der Waals surface area contributed by atoms with Gasteiger partial charge in [0.1, 0.15) is 0 Å². The van der Waals surface area contributed by atoms with Crippen molar-refractivity contribution in [2.75, 3.05) is 13.1 Å². The molecule has 108 valence electrons. The number of benzene rings is 1. The summed E-state index contributed by atoms with van der Waals surface area (Å²) < 4.78 is 0. The summed E-state index contributed by atoms with van der Waals surface area (Å²) >= 11 is 0. The summed E-state index contributed by atoms with van der Waals surface area (Å²) in [7, 11) is 0. The van der Waals surface area contributed by atoms with E-state index in [2.05, 4.69) is 56.9 Å².